The maximum atomic E-state index is 5.94. The number of methoxy groups -OCH3 is 1. The average Bonchev–Trinajstić information content (AvgIpc) is 2.25. The van der Waals surface area contributed by atoms with Gasteiger partial charge >= 0.3 is 0 Å². The summed E-state index contributed by atoms with van der Waals surface area (Å²) in [5, 5.41) is 0.706. The van der Waals surface area contributed by atoms with Gasteiger partial charge in [0.05, 0.1) is 6.61 Å². The first-order valence-electron chi connectivity index (χ1n) is 6.18. The van der Waals surface area contributed by atoms with Crippen LogP contribution in [0.3, 0.4) is 0 Å². The summed E-state index contributed by atoms with van der Waals surface area (Å²) in [4.78, 5) is 2.57. The van der Waals surface area contributed by atoms with Crippen LogP contribution in [0.25, 0.3) is 0 Å². The number of ether oxygens (including phenoxy) is 1. The molecule has 96 valence electrons. The number of hydrogen-bond acceptors (Lipinski definition) is 4. The SMILES string of the molecule is COCC(C)C(CN)N1CCSC(C)C1C. The first-order chi connectivity index (χ1) is 7.61. The molecule has 0 amide bonds. The Morgan fingerprint density at radius 2 is 2.19 bits per heavy atom. The van der Waals surface area contributed by atoms with Crippen LogP contribution >= 0.6 is 11.8 Å². The Labute approximate surface area is 104 Å². The van der Waals surface area contributed by atoms with E-state index in [1.807, 2.05) is 0 Å². The van der Waals surface area contributed by atoms with Crippen molar-refractivity contribution in [2.45, 2.75) is 38.1 Å². The van der Waals surface area contributed by atoms with Crippen molar-refractivity contribution in [2.24, 2.45) is 11.7 Å². The predicted molar refractivity (Wildman–Crippen MR) is 72.0 cm³/mol. The summed E-state index contributed by atoms with van der Waals surface area (Å²) in [7, 11) is 1.77. The standard InChI is InChI=1S/C12H26N2OS/c1-9(8-15-4)12(7-13)14-5-6-16-11(3)10(14)2/h9-12H,5-8,13H2,1-4H3. The summed E-state index contributed by atoms with van der Waals surface area (Å²) >= 11 is 2.07. The van der Waals surface area contributed by atoms with E-state index in [1.54, 1.807) is 7.11 Å². The zero-order valence-electron chi connectivity index (χ0n) is 11.0. The highest BCUT2D eigenvalue weighted by atomic mass is 32.2. The fourth-order valence-corrected chi connectivity index (χ4v) is 3.62. The highest BCUT2D eigenvalue weighted by Crippen LogP contribution is 2.27. The van der Waals surface area contributed by atoms with Gasteiger partial charge in [0.2, 0.25) is 0 Å². The second-order valence-corrected chi connectivity index (χ2v) is 6.28. The zero-order valence-corrected chi connectivity index (χ0v) is 11.8. The predicted octanol–water partition coefficient (Wildman–Crippen LogP) is 1.42. The Morgan fingerprint density at radius 3 is 2.75 bits per heavy atom. The summed E-state index contributed by atoms with van der Waals surface area (Å²) in [6.07, 6.45) is 0. The highest BCUT2D eigenvalue weighted by molar-refractivity contribution is 8.00. The van der Waals surface area contributed by atoms with Gasteiger partial charge in [0.15, 0.2) is 0 Å². The van der Waals surface area contributed by atoms with E-state index in [4.69, 9.17) is 10.5 Å². The molecule has 0 spiro atoms. The van der Waals surface area contributed by atoms with Gasteiger partial charge in [-0.1, -0.05) is 13.8 Å². The van der Waals surface area contributed by atoms with Gasteiger partial charge in [0.25, 0.3) is 0 Å². The molecule has 1 fully saturated rings. The van der Waals surface area contributed by atoms with E-state index in [-0.39, 0.29) is 0 Å². The first-order valence-corrected chi connectivity index (χ1v) is 7.23. The molecule has 1 saturated heterocycles. The Hall–Kier alpha value is 0.230. The number of rotatable bonds is 5. The fourth-order valence-electron chi connectivity index (χ4n) is 2.49. The minimum absolute atomic E-state index is 0.457. The molecular formula is C12H26N2OS. The van der Waals surface area contributed by atoms with E-state index >= 15 is 0 Å². The summed E-state index contributed by atoms with van der Waals surface area (Å²) in [5.41, 5.74) is 5.94. The third kappa shape index (κ3) is 3.36. The van der Waals surface area contributed by atoms with Gasteiger partial charge in [0, 0.05) is 43.3 Å². The van der Waals surface area contributed by atoms with Crippen LogP contribution in [-0.2, 0) is 4.74 Å². The number of hydrogen-bond donors (Lipinski definition) is 1. The Kier molecular flexibility index (Phi) is 6.11. The van der Waals surface area contributed by atoms with Gasteiger partial charge in [-0.15, -0.1) is 0 Å². The van der Waals surface area contributed by atoms with E-state index < -0.39 is 0 Å². The highest BCUT2D eigenvalue weighted by Gasteiger charge is 2.32. The molecule has 3 nitrogen and oxygen atoms in total. The van der Waals surface area contributed by atoms with Gasteiger partial charge in [-0.2, -0.15) is 11.8 Å². The molecule has 0 aromatic heterocycles. The molecule has 16 heavy (non-hydrogen) atoms. The van der Waals surface area contributed by atoms with Crippen molar-refractivity contribution in [1.82, 2.24) is 4.90 Å². The summed E-state index contributed by atoms with van der Waals surface area (Å²) in [5.74, 6) is 1.73. The van der Waals surface area contributed by atoms with Crippen LogP contribution in [0.2, 0.25) is 0 Å². The molecule has 4 heteroatoms. The number of nitrogens with zero attached hydrogens (tertiary/aromatic N) is 1. The average molecular weight is 246 g/mol. The molecule has 0 bridgehead atoms. The molecule has 0 aromatic carbocycles. The van der Waals surface area contributed by atoms with Gasteiger partial charge in [0.1, 0.15) is 0 Å². The van der Waals surface area contributed by atoms with Crippen molar-refractivity contribution < 1.29 is 4.74 Å². The topological polar surface area (TPSA) is 38.5 Å². The van der Waals surface area contributed by atoms with E-state index in [9.17, 15) is 0 Å². The van der Waals surface area contributed by atoms with Crippen molar-refractivity contribution in [3.63, 3.8) is 0 Å². The van der Waals surface area contributed by atoms with Crippen LogP contribution in [-0.4, -0.2) is 54.8 Å². The van der Waals surface area contributed by atoms with Crippen LogP contribution in [0.15, 0.2) is 0 Å². The van der Waals surface area contributed by atoms with E-state index in [0.29, 0.717) is 23.3 Å². The third-order valence-electron chi connectivity index (χ3n) is 3.69. The van der Waals surface area contributed by atoms with Crippen LogP contribution < -0.4 is 5.73 Å². The molecular weight excluding hydrogens is 220 g/mol. The van der Waals surface area contributed by atoms with Gasteiger partial charge in [-0.25, -0.2) is 0 Å². The molecule has 0 aromatic rings. The number of thioether (sulfide) groups is 1. The van der Waals surface area contributed by atoms with E-state index in [1.165, 1.54) is 5.75 Å². The number of nitrogens with two attached hydrogens (primary N) is 1. The molecule has 2 N–H and O–H groups in total. The monoisotopic (exact) mass is 246 g/mol. The molecule has 4 atom stereocenters. The summed E-state index contributed by atoms with van der Waals surface area (Å²) in [6.45, 7) is 9.56. The van der Waals surface area contributed by atoms with Crippen LogP contribution in [0.5, 0.6) is 0 Å². The van der Waals surface area contributed by atoms with Crippen molar-refractivity contribution >= 4 is 11.8 Å². The lowest BCUT2D eigenvalue weighted by atomic mass is 9.98. The molecule has 0 radical (unpaired) electrons. The molecule has 1 aliphatic heterocycles. The van der Waals surface area contributed by atoms with Crippen LogP contribution in [0, 0.1) is 5.92 Å². The lowest BCUT2D eigenvalue weighted by molar-refractivity contribution is 0.0647. The van der Waals surface area contributed by atoms with Crippen LogP contribution in [0.1, 0.15) is 20.8 Å². The Morgan fingerprint density at radius 1 is 1.50 bits per heavy atom. The molecule has 1 aliphatic rings. The van der Waals surface area contributed by atoms with Crippen molar-refractivity contribution in [3.8, 4) is 0 Å². The Balaban J connectivity index is 2.63. The second-order valence-electron chi connectivity index (χ2n) is 4.79. The van der Waals surface area contributed by atoms with Crippen molar-refractivity contribution in [1.29, 1.82) is 0 Å². The largest absolute Gasteiger partial charge is 0.384 e. The van der Waals surface area contributed by atoms with Gasteiger partial charge in [-0.05, 0) is 12.8 Å². The molecule has 1 heterocycles. The normalized spacial score (nSPS) is 31.3. The van der Waals surface area contributed by atoms with Crippen LogP contribution in [0.4, 0.5) is 0 Å². The summed E-state index contributed by atoms with van der Waals surface area (Å²) < 4.78 is 5.25. The van der Waals surface area contributed by atoms with E-state index in [2.05, 4.69) is 37.4 Å². The van der Waals surface area contributed by atoms with E-state index in [0.717, 1.165) is 19.7 Å². The van der Waals surface area contributed by atoms with Gasteiger partial charge in [-0.3, -0.25) is 4.90 Å². The smallest absolute Gasteiger partial charge is 0.0503 e. The van der Waals surface area contributed by atoms with Crippen molar-refractivity contribution in [3.05, 3.63) is 0 Å². The first kappa shape index (κ1) is 14.3. The maximum absolute atomic E-state index is 5.94. The maximum Gasteiger partial charge on any atom is 0.0503 e. The minimum atomic E-state index is 0.457. The Bertz CT molecular complexity index is 203. The van der Waals surface area contributed by atoms with Crippen molar-refractivity contribution in [2.75, 3.05) is 32.6 Å². The quantitative estimate of drug-likeness (QED) is 0.796. The zero-order chi connectivity index (χ0) is 12.1. The molecule has 4 unspecified atom stereocenters. The molecule has 0 saturated carbocycles. The lowest BCUT2D eigenvalue weighted by Crippen LogP contribution is -2.55. The lowest BCUT2D eigenvalue weighted by Gasteiger charge is -2.44. The molecule has 0 aliphatic carbocycles. The van der Waals surface area contributed by atoms with Gasteiger partial charge < -0.3 is 10.5 Å². The second kappa shape index (κ2) is 6.84. The summed E-state index contributed by atoms with van der Waals surface area (Å²) in [6, 6.07) is 1.07. The third-order valence-corrected chi connectivity index (χ3v) is 5.02. The fraction of sp³-hybridized carbons (Fsp3) is 1.00. The molecule has 1 rings (SSSR count). The minimum Gasteiger partial charge on any atom is -0.384 e.